The maximum Gasteiger partial charge on any atom is 0.251 e. The Kier molecular flexibility index (Phi) is 5.61. The van der Waals surface area contributed by atoms with Crippen molar-refractivity contribution >= 4 is 17.3 Å². The van der Waals surface area contributed by atoms with E-state index in [1.807, 2.05) is 30.3 Å². The van der Waals surface area contributed by atoms with Crippen molar-refractivity contribution in [2.75, 3.05) is 19.2 Å². The van der Waals surface area contributed by atoms with Crippen LogP contribution in [0.5, 0.6) is 11.5 Å². The quantitative estimate of drug-likeness (QED) is 0.630. The molecule has 162 valence electrons. The first-order valence-corrected chi connectivity index (χ1v) is 10.7. The molecule has 0 radical (unpaired) electrons. The Morgan fingerprint density at radius 1 is 0.903 bits per heavy atom. The fourth-order valence-corrected chi connectivity index (χ4v) is 4.33. The molecule has 0 fully saturated rings. The highest BCUT2D eigenvalue weighted by atomic mass is 16.5. The lowest BCUT2D eigenvalue weighted by atomic mass is 9.76. The lowest BCUT2D eigenvalue weighted by Gasteiger charge is -2.37. The third-order valence-corrected chi connectivity index (χ3v) is 6.17. The number of allylic oxidation sites excluding steroid dienone is 2. The average Bonchev–Trinajstić information content (AvgIpc) is 2.78. The van der Waals surface area contributed by atoms with Gasteiger partial charge in [0.25, 0.3) is 5.91 Å². The molecule has 1 aliphatic carbocycles. The first kappa shape index (κ1) is 21.2. The van der Waals surface area contributed by atoms with Gasteiger partial charge in [0.2, 0.25) is 0 Å². The highest BCUT2D eigenvalue weighted by molar-refractivity contribution is 6.11. The predicted molar refractivity (Wildman–Crippen MR) is 124 cm³/mol. The smallest absolute Gasteiger partial charge is 0.251 e. The molecule has 4 rings (SSSR count). The molecule has 1 amide bonds. The number of carbonyl (C=O) groups excluding carboxylic acids is 1. The van der Waals surface area contributed by atoms with Gasteiger partial charge in [-0.3, -0.25) is 4.79 Å². The summed E-state index contributed by atoms with van der Waals surface area (Å²) >= 11 is 0. The van der Waals surface area contributed by atoms with Crippen LogP contribution >= 0.6 is 0 Å². The second-order valence-electron chi connectivity index (χ2n) is 9.16. The van der Waals surface area contributed by atoms with E-state index in [1.54, 1.807) is 19.2 Å². The lowest BCUT2D eigenvalue weighted by Crippen LogP contribution is -2.45. The summed E-state index contributed by atoms with van der Waals surface area (Å²) < 4.78 is 10.9. The van der Waals surface area contributed by atoms with Crippen molar-refractivity contribution in [2.24, 2.45) is 16.9 Å². The van der Waals surface area contributed by atoms with Crippen LogP contribution in [0.25, 0.3) is 0 Å². The molecule has 0 spiro atoms. The number of methoxy groups -OCH3 is 2. The average molecular weight is 419 g/mol. The van der Waals surface area contributed by atoms with E-state index in [0.717, 1.165) is 29.8 Å². The van der Waals surface area contributed by atoms with Crippen molar-refractivity contribution < 1.29 is 14.3 Å². The summed E-state index contributed by atoms with van der Waals surface area (Å²) in [5, 5.41) is 6.46. The number of hydrogen-bond donors (Lipinski definition) is 0. The van der Waals surface area contributed by atoms with Gasteiger partial charge in [-0.25, -0.2) is 5.01 Å². The number of rotatable bonds is 4. The van der Waals surface area contributed by atoms with Gasteiger partial charge in [0, 0.05) is 11.5 Å². The molecular weight excluding hydrogens is 388 g/mol. The van der Waals surface area contributed by atoms with E-state index >= 15 is 0 Å². The van der Waals surface area contributed by atoms with Gasteiger partial charge in [-0.2, -0.15) is 5.10 Å². The van der Waals surface area contributed by atoms with Crippen LogP contribution in [-0.4, -0.2) is 25.8 Å². The minimum Gasteiger partial charge on any atom is -0.493 e. The molecule has 5 heteroatoms. The first-order valence-electron chi connectivity index (χ1n) is 10.7. The van der Waals surface area contributed by atoms with Crippen LogP contribution in [0.15, 0.2) is 59.7 Å². The van der Waals surface area contributed by atoms with Gasteiger partial charge in [-0.05, 0) is 54.2 Å². The molecule has 31 heavy (non-hydrogen) atoms. The van der Waals surface area contributed by atoms with Crippen LogP contribution in [0.1, 0.15) is 44.7 Å². The van der Waals surface area contributed by atoms with Gasteiger partial charge in [0.15, 0.2) is 11.5 Å². The summed E-state index contributed by atoms with van der Waals surface area (Å²) in [5.74, 6) is 1.33. The Labute approximate surface area is 184 Å². The second kappa shape index (κ2) is 8.22. The number of hydrazone groups is 1. The van der Waals surface area contributed by atoms with Crippen molar-refractivity contribution in [3.8, 4) is 11.5 Å². The number of nitrogens with zero attached hydrogens (tertiary/aromatic N) is 2. The number of amides is 1. The van der Waals surface area contributed by atoms with Gasteiger partial charge < -0.3 is 9.47 Å². The molecule has 0 aromatic heterocycles. The number of fused-ring (bicyclic) bond motifs is 1. The minimum absolute atomic E-state index is 0.0533. The van der Waals surface area contributed by atoms with Crippen LogP contribution in [0.2, 0.25) is 0 Å². The molecule has 0 bridgehead atoms. The number of benzene rings is 2. The Balaban J connectivity index is 1.79. The normalized spacial score (nSPS) is 20.9. The molecule has 2 aromatic rings. The van der Waals surface area contributed by atoms with E-state index in [4.69, 9.17) is 14.6 Å². The lowest BCUT2D eigenvalue weighted by molar-refractivity contribution is -0.123. The SMILES string of the molecule is COc1ccc(C2=NN(c3ccc(C(C)(C)C)cc3)C(=O)C3CC=CCC23)cc1OC. The molecule has 1 heterocycles. The van der Waals surface area contributed by atoms with E-state index < -0.39 is 0 Å². The summed E-state index contributed by atoms with van der Waals surface area (Å²) in [4.78, 5) is 13.4. The Hall–Kier alpha value is -3.08. The van der Waals surface area contributed by atoms with Crippen LogP contribution in [-0.2, 0) is 10.2 Å². The third kappa shape index (κ3) is 3.97. The molecule has 2 unspecified atom stereocenters. The Morgan fingerprint density at radius 2 is 1.55 bits per heavy atom. The van der Waals surface area contributed by atoms with Crippen molar-refractivity contribution in [3.05, 3.63) is 65.7 Å². The van der Waals surface area contributed by atoms with Gasteiger partial charge in [0.1, 0.15) is 0 Å². The third-order valence-electron chi connectivity index (χ3n) is 6.17. The minimum atomic E-state index is -0.118. The topological polar surface area (TPSA) is 51.1 Å². The number of carbonyl (C=O) groups is 1. The molecule has 2 aliphatic rings. The van der Waals surface area contributed by atoms with E-state index in [0.29, 0.717) is 11.5 Å². The van der Waals surface area contributed by atoms with Crippen LogP contribution in [0, 0.1) is 11.8 Å². The van der Waals surface area contributed by atoms with Crippen molar-refractivity contribution in [1.82, 2.24) is 0 Å². The molecule has 2 aromatic carbocycles. The molecule has 0 saturated carbocycles. The number of ether oxygens (including phenoxy) is 2. The molecule has 0 N–H and O–H groups in total. The highest BCUT2D eigenvalue weighted by Crippen LogP contribution is 2.38. The Bertz CT molecular complexity index is 1030. The summed E-state index contributed by atoms with van der Waals surface area (Å²) in [7, 11) is 3.25. The van der Waals surface area contributed by atoms with E-state index in [-0.39, 0.29) is 23.2 Å². The van der Waals surface area contributed by atoms with Gasteiger partial charge >= 0.3 is 0 Å². The molecular formula is C26H30N2O3. The second-order valence-corrected chi connectivity index (χ2v) is 9.16. The van der Waals surface area contributed by atoms with Crippen LogP contribution in [0.4, 0.5) is 5.69 Å². The fourth-order valence-electron chi connectivity index (χ4n) is 4.33. The zero-order valence-electron chi connectivity index (χ0n) is 18.9. The number of anilines is 1. The van der Waals surface area contributed by atoms with E-state index in [9.17, 15) is 4.79 Å². The molecule has 5 nitrogen and oxygen atoms in total. The van der Waals surface area contributed by atoms with E-state index in [2.05, 4.69) is 45.1 Å². The largest absolute Gasteiger partial charge is 0.493 e. The molecule has 0 saturated heterocycles. The zero-order valence-corrected chi connectivity index (χ0v) is 18.9. The maximum absolute atomic E-state index is 13.4. The Morgan fingerprint density at radius 3 is 2.16 bits per heavy atom. The summed E-state index contributed by atoms with van der Waals surface area (Å²) in [6.07, 6.45) is 5.79. The van der Waals surface area contributed by atoms with Crippen molar-refractivity contribution in [3.63, 3.8) is 0 Å². The van der Waals surface area contributed by atoms with Crippen molar-refractivity contribution in [2.45, 2.75) is 39.0 Å². The van der Waals surface area contributed by atoms with E-state index in [1.165, 1.54) is 5.56 Å². The summed E-state index contributed by atoms with van der Waals surface area (Å²) in [6.45, 7) is 6.54. The van der Waals surface area contributed by atoms with Crippen LogP contribution in [0.3, 0.4) is 0 Å². The first-order chi connectivity index (χ1) is 14.8. The number of hydrogen-bond acceptors (Lipinski definition) is 4. The standard InChI is InChI=1S/C26H30N2O3/c1-26(2,3)18-11-13-19(14-12-18)28-25(29)21-9-7-6-8-20(21)24(27-28)17-10-15-22(30-4)23(16-17)31-5/h6-7,10-16,20-21H,8-9H2,1-5H3. The highest BCUT2D eigenvalue weighted by Gasteiger charge is 2.40. The van der Waals surface area contributed by atoms with Crippen LogP contribution < -0.4 is 14.5 Å². The van der Waals surface area contributed by atoms with Gasteiger partial charge in [-0.1, -0.05) is 45.1 Å². The predicted octanol–water partition coefficient (Wildman–Crippen LogP) is 5.33. The fraction of sp³-hybridized carbons (Fsp3) is 0.385. The van der Waals surface area contributed by atoms with Gasteiger partial charge in [0.05, 0.1) is 31.5 Å². The summed E-state index contributed by atoms with van der Waals surface area (Å²) in [6, 6.07) is 14.0. The summed E-state index contributed by atoms with van der Waals surface area (Å²) in [5.41, 5.74) is 3.94. The maximum atomic E-state index is 13.4. The molecule has 2 atom stereocenters. The van der Waals surface area contributed by atoms with Crippen molar-refractivity contribution in [1.29, 1.82) is 0 Å². The van der Waals surface area contributed by atoms with Gasteiger partial charge in [-0.15, -0.1) is 0 Å². The zero-order chi connectivity index (χ0) is 22.2. The molecule has 1 aliphatic heterocycles. The monoisotopic (exact) mass is 418 g/mol.